The van der Waals surface area contributed by atoms with Gasteiger partial charge in [0.15, 0.2) is 23.3 Å². The Kier molecular flexibility index (Phi) is 27.5. The molecule has 0 saturated carbocycles. The Bertz CT molecular complexity index is 5750. The molecule has 14 aromatic rings. The van der Waals surface area contributed by atoms with Crippen LogP contribution in [0.4, 0.5) is 20.4 Å². The van der Waals surface area contributed by atoms with Crippen molar-refractivity contribution in [1.82, 2.24) is 68.7 Å². The Labute approximate surface area is 725 Å². The maximum Gasteiger partial charge on any atom is 0.326 e. The largest absolute Gasteiger partial charge is 0.496 e. The van der Waals surface area contributed by atoms with E-state index in [1.54, 1.807) is 84.2 Å². The number of anilines is 2. The predicted molar refractivity (Wildman–Crippen MR) is 473 cm³/mol. The first-order chi connectivity index (χ1) is 60.3. The van der Waals surface area contributed by atoms with E-state index in [0.29, 0.717) is 114 Å². The van der Waals surface area contributed by atoms with Crippen molar-refractivity contribution >= 4 is 57.8 Å². The number of rotatable bonds is 32. The Morgan fingerprint density at radius 1 is 0.444 bits per heavy atom. The molecule has 8 heterocycles. The Morgan fingerprint density at radius 3 is 1.21 bits per heavy atom. The average molecular weight is 1710 g/mol. The Morgan fingerprint density at radius 2 is 0.823 bits per heavy atom. The van der Waals surface area contributed by atoms with Gasteiger partial charge in [0.2, 0.25) is 0 Å². The maximum atomic E-state index is 14.2. The molecule has 8 aromatic carbocycles. The molecule has 2 aliphatic rings. The predicted octanol–water partition coefficient (Wildman–Crippen LogP) is 15.9. The first-order valence-corrected chi connectivity index (χ1v) is 41.3. The number of halogens is 4. The normalized spacial score (nSPS) is 13.8. The van der Waals surface area contributed by atoms with E-state index < -0.39 is 24.0 Å². The van der Waals surface area contributed by atoms with Crippen LogP contribution in [0.25, 0.3) is 78.3 Å². The third-order valence-corrected chi connectivity index (χ3v) is 23.0. The van der Waals surface area contributed by atoms with Gasteiger partial charge in [-0.25, -0.2) is 57.3 Å². The number of hydrogen-bond acceptors (Lipinski definition) is 22. The van der Waals surface area contributed by atoms with Crippen LogP contribution in [0.3, 0.4) is 0 Å². The number of piperazine rings is 2. The van der Waals surface area contributed by atoms with Crippen LogP contribution < -0.4 is 39.1 Å². The third kappa shape index (κ3) is 20.1. The van der Waals surface area contributed by atoms with Crippen molar-refractivity contribution in [3.05, 3.63) is 275 Å². The number of hydrogen-bond donors (Lipinski definition) is 4. The number of likely N-dealkylation sites (N-methyl/N-ethyl adjacent to an activating group) is 2. The molecular formula is C94H92Cl2F2N16O10. The van der Waals surface area contributed by atoms with Crippen molar-refractivity contribution in [3.8, 4) is 102 Å². The van der Waals surface area contributed by atoms with Gasteiger partial charge < -0.3 is 59.1 Å². The second-order valence-corrected chi connectivity index (χ2v) is 30.9. The van der Waals surface area contributed by atoms with Crippen LogP contribution in [0, 0.1) is 25.5 Å². The Balaban J connectivity index is 0.000000192. The van der Waals surface area contributed by atoms with Crippen LogP contribution in [-0.2, 0) is 35.6 Å². The lowest BCUT2D eigenvalue weighted by atomic mass is 9.94. The van der Waals surface area contributed by atoms with Crippen LogP contribution in [0.2, 0.25) is 10.0 Å². The van der Waals surface area contributed by atoms with E-state index in [2.05, 4.69) is 74.5 Å². The van der Waals surface area contributed by atoms with E-state index in [9.17, 15) is 28.6 Å². The zero-order chi connectivity index (χ0) is 86.3. The van der Waals surface area contributed by atoms with E-state index in [1.807, 2.05) is 135 Å². The minimum absolute atomic E-state index is 0.0454. The van der Waals surface area contributed by atoms with Gasteiger partial charge in [0, 0.05) is 125 Å². The minimum Gasteiger partial charge on any atom is -0.496 e. The summed E-state index contributed by atoms with van der Waals surface area (Å²) in [4.78, 5) is 63.0. The molecule has 0 spiro atoms. The summed E-state index contributed by atoms with van der Waals surface area (Å²) in [5.41, 5.74) is 12.4. The molecule has 0 unspecified atom stereocenters. The molecule has 2 saturated heterocycles. The molecule has 0 bridgehead atoms. The fraction of sp³-hybridized carbons (Fsp3) is 0.255. The summed E-state index contributed by atoms with van der Waals surface area (Å²) in [5, 5.41) is 37.7. The highest BCUT2D eigenvalue weighted by atomic mass is 35.5. The molecule has 636 valence electrons. The standard InChI is InChI=1S/2C47H46ClFN8O5/c2*1-30-35(16-17-41(43(30)48)61-25-24-56-22-20-55(2)21-23-56)42-37(31-12-14-33(49)15-13-31)27-57-44(42)46(51-29-52-57)54-38(47(58)59)26-32-8-4-6-10-39(32)62-28-34-18-19-50-45(53-34)36-9-5-7-11-40(36)60-3/h2*4-19,27,29,38H,20-26,28H2,1-3H3,(H,58,59)(H,51,52,54)/t2*38-/m10/s1. The number of nitrogens with one attached hydrogen (secondary N) is 2. The van der Waals surface area contributed by atoms with E-state index in [1.165, 1.54) is 36.9 Å². The number of nitrogens with zero attached hydrogens (tertiary/aromatic N) is 14. The second kappa shape index (κ2) is 39.7. The van der Waals surface area contributed by atoms with Gasteiger partial charge in [-0.2, -0.15) is 10.2 Å². The molecule has 30 heteroatoms. The second-order valence-electron chi connectivity index (χ2n) is 30.2. The number of aliphatic carboxylic acids is 2. The summed E-state index contributed by atoms with van der Waals surface area (Å²) in [7, 11) is 7.45. The summed E-state index contributed by atoms with van der Waals surface area (Å²) in [6, 6.07) is 50.8. The number of carboxylic acid groups (broad SMARTS) is 2. The number of para-hydroxylation sites is 4. The summed E-state index contributed by atoms with van der Waals surface area (Å²) < 4.78 is 67.7. The number of ether oxygens (including phenoxy) is 6. The van der Waals surface area contributed by atoms with Crippen LogP contribution >= 0.6 is 23.2 Å². The van der Waals surface area contributed by atoms with Gasteiger partial charge in [-0.1, -0.05) is 120 Å². The first-order valence-electron chi connectivity index (χ1n) is 40.5. The van der Waals surface area contributed by atoms with Crippen LogP contribution in [-0.4, -0.2) is 210 Å². The number of fused-ring (bicyclic) bond motifs is 2. The van der Waals surface area contributed by atoms with Crippen LogP contribution in [0.5, 0.6) is 34.5 Å². The highest BCUT2D eigenvalue weighted by Gasteiger charge is 2.31. The molecular weight excluding hydrogens is 1620 g/mol. The zero-order valence-corrected chi connectivity index (χ0v) is 70.7. The summed E-state index contributed by atoms with van der Waals surface area (Å²) in [6.45, 7) is 14.6. The van der Waals surface area contributed by atoms with Crippen molar-refractivity contribution in [2.45, 2.75) is 52.0 Å². The molecule has 2 aliphatic heterocycles. The molecule has 26 nitrogen and oxygen atoms in total. The molecule has 0 amide bonds. The smallest absolute Gasteiger partial charge is 0.326 e. The number of carbonyl (C=O) groups is 2. The molecule has 6 aromatic heterocycles. The molecule has 16 rings (SSSR count). The van der Waals surface area contributed by atoms with Gasteiger partial charge in [-0.05, 0) is 157 Å². The lowest BCUT2D eigenvalue weighted by Gasteiger charge is -2.32. The van der Waals surface area contributed by atoms with Gasteiger partial charge in [0.25, 0.3) is 0 Å². The van der Waals surface area contributed by atoms with Crippen molar-refractivity contribution in [3.63, 3.8) is 0 Å². The van der Waals surface area contributed by atoms with E-state index in [-0.39, 0.29) is 49.3 Å². The lowest BCUT2D eigenvalue weighted by molar-refractivity contribution is -0.138. The zero-order valence-electron chi connectivity index (χ0n) is 69.2. The highest BCUT2D eigenvalue weighted by molar-refractivity contribution is 6.34. The monoisotopic (exact) mass is 1710 g/mol. The third-order valence-electron chi connectivity index (χ3n) is 22.1. The maximum absolute atomic E-state index is 14.2. The van der Waals surface area contributed by atoms with Crippen molar-refractivity contribution in [2.24, 2.45) is 0 Å². The molecule has 0 aliphatic carbocycles. The van der Waals surface area contributed by atoms with E-state index >= 15 is 0 Å². The number of benzene rings is 8. The van der Waals surface area contributed by atoms with Crippen LogP contribution in [0.15, 0.2) is 219 Å². The summed E-state index contributed by atoms with van der Waals surface area (Å²) in [5.74, 6) is 2.03. The van der Waals surface area contributed by atoms with Gasteiger partial charge in [-0.3, -0.25) is 9.80 Å². The molecule has 2 atom stereocenters. The van der Waals surface area contributed by atoms with Gasteiger partial charge >= 0.3 is 11.9 Å². The quantitative estimate of drug-likeness (QED) is 0.0305. The fourth-order valence-corrected chi connectivity index (χ4v) is 15.7. The summed E-state index contributed by atoms with van der Waals surface area (Å²) >= 11 is 14.1. The summed E-state index contributed by atoms with van der Waals surface area (Å²) in [6.07, 6.45) is 9.79. The van der Waals surface area contributed by atoms with Crippen molar-refractivity contribution in [2.75, 3.05) is 118 Å². The lowest BCUT2D eigenvalue weighted by Crippen LogP contribution is -2.45. The Hall–Kier alpha value is -13.2. The minimum atomic E-state index is -1.15. The molecule has 2 fully saturated rings. The average Bonchev–Trinajstić information content (AvgIpc) is 1.59. The molecule has 4 N–H and O–H groups in total. The topological polar surface area (TPSA) is 279 Å². The van der Waals surface area contributed by atoms with Crippen molar-refractivity contribution in [1.29, 1.82) is 0 Å². The number of aromatic nitrogens is 10. The van der Waals surface area contributed by atoms with Crippen molar-refractivity contribution < 1.29 is 57.0 Å². The van der Waals surface area contributed by atoms with Gasteiger partial charge in [0.1, 0.15) is 108 Å². The van der Waals surface area contributed by atoms with E-state index in [4.69, 9.17) is 61.6 Å². The molecule has 0 radical (unpaired) electrons. The number of methoxy groups -OCH3 is 2. The molecule has 124 heavy (non-hydrogen) atoms. The highest BCUT2D eigenvalue weighted by Crippen LogP contribution is 2.47. The van der Waals surface area contributed by atoms with E-state index in [0.717, 1.165) is 121 Å². The SMILES string of the molecule is COc1ccccc1-c1nccc(COc2ccccc2C[C@@H](Nc2ncnn3cc(-c4ccc(F)cc4)c(-c4ccc(OCCN5CCN(C)CC5)c(Cl)c4C)c23)C(=O)O)n1.COc1ccccc1-c1nccc(COc2ccccc2C[C@H](Nc2ncnn3cc(-c4ccc(F)cc4)c(-c4ccc(OCCN5CCN(C)CC5)c(Cl)c4C)c23)C(=O)O)n1. The first kappa shape index (κ1) is 85.7. The van der Waals surface area contributed by atoms with Crippen LogP contribution in [0.1, 0.15) is 33.6 Å². The fourth-order valence-electron chi connectivity index (χ4n) is 15.2. The number of carboxylic acids is 2. The van der Waals surface area contributed by atoms with Gasteiger partial charge in [-0.15, -0.1) is 0 Å². The van der Waals surface area contributed by atoms with Gasteiger partial charge in [0.05, 0.1) is 46.8 Å².